The maximum atomic E-state index is 13.1. The highest BCUT2D eigenvalue weighted by atomic mass is 19.1. The molecule has 0 aliphatic heterocycles. The van der Waals surface area contributed by atoms with E-state index in [-0.39, 0.29) is 5.75 Å². The Balaban J connectivity index is 2.48. The van der Waals surface area contributed by atoms with Gasteiger partial charge in [-0.15, -0.1) is 0 Å². The summed E-state index contributed by atoms with van der Waals surface area (Å²) in [5.41, 5.74) is 3.37. The molecule has 0 heterocycles. The summed E-state index contributed by atoms with van der Waals surface area (Å²) in [5, 5.41) is 21.2. The van der Waals surface area contributed by atoms with Gasteiger partial charge in [-0.2, -0.15) is 0 Å². The molecule has 4 nitrogen and oxygen atoms in total. The van der Waals surface area contributed by atoms with E-state index in [1.165, 1.54) is 6.07 Å². The summed E-state index contributed by atoms with van der Waals surface area (Å²) in [5.74, 6) is -0.587. The molecule has 116 valence electrons. The minimum Gasteiger partial charge on any atom is -0.507 e. The zero-order valence-electron chi connectivity index (χ0n) is 12.9. The molecule has 5 heteroatoms. The van der Waals surface area contributed by atoms with Gasteiger partial charge in [-0.05, 0) is 43.9 Å². The van der Waals surface area contributed by atoms with Crippen molar-refractivity contribution in [3.63, 3.8) is 0 Å². The summed E-state index contributed by atoms with van der Waals surface area (Å²) < 4.78 is 13.1. The number of hydrogen-bond donors (Lipinski definition) is 3. The minimum absolute atomic E-state index is 0.109. The number of aromatic hydroxyl groups is 1. The fourth-order valence-corrected chi connectivity index (χ4v) is 2.33. The van der Waals surface area contributed by atoms with E-state index in [1.54, 1.807) is 13.1 Å². The van der Waals surface area contributed by atoms with Crippen molar-refractivity contribution in [3.05, 3.63) is 47.8 Å². The third kappa shape index (κ3) is 3.43. The summed E-state index contributed by atoms with van der Waals surface area (Å²) in [4.78, 5) is 1.92. The molecular formula is C17H20FN3O. The molecule has 0 fully saturated rings. The SMILES string of the molecule is CNc1ccc(-c2ccc(F)cc2O)cc1C(=N)CN(C)C. The van der Waals surface area contributed by atoms with Crippen molar-refractivity contribution in [3.8, 4) is 16.9 Å². The fraction of sp³-hybridized carbons (Fsp3) is 0.235. The summed E-state index contributed by atoms with van der Waals surface area (Å²) in [6.45, 7) is 0.507. The lowest BCUT2D eigenvalue weighted by atomic mass is 9.98. The van der Waals surface area contributed by atoms with Crippen LogP contribution in [0.1, 0.15) is 5.56 Å². The number of likely N-dealkylation sites (N-methyl/N-ethyl adjacent to an activating group) is 1. The highest BCUT2D eigenvalue weighted by Crippen LogP contribution is 2.32. The number of benzene rings is 2. The van der Waals surface area contributed by atoms with Crippen molar-refractivity contribution in [1.82, 2.24) is 4.90 Å². The molecule has 2 aromatic carbocycles. The lowest BCUT2D eigenvalue weighted by Gasteiger charge is -2.16. The van der Waals surface area contributed by atoms with Crippen LogP contribution in [0.25, 0.3) is 11.1 Å². The van der Waals surface area contributed by atoms with Crippen LogP contribution in [-0.2, 0) is 0 Å². The van der Waals surface area contributed by atoms with E-state index in [4.69, 9.17) is 5.41 Å². The van der Waals surface area contributed by atoms with Crippen LogP contribution < -0.4 is 5.32 Å². The van der Waals surface area contributed by atoms with Crippen LogP contribution in [0.15, 0.2) is 36.4 Å². The molecule has 0 bridgehead atoms. The smallest absolute Gasteiger partial charge is 0.126 e. The van der Waals surface area contributed by atoms with Crippen LogP contribution in [0, 0.1) is 11.2 Å². The van der Waals surface area contributed by atoms with Crippen LogP contribution in [0.3, 0.4) is 0 Å². The Morgan fingerprint density at radius 2 is 1.95 bits per heavy atom. The van der Waals surface area contributed by atoms with E-state index in [0.29, 0.717) is 17.8 Å². The second-order valence-corrected chi connectivity index (χ2v) is 5.39. The summed E-state index contributed by atoms with van der Waals surface area (Å²) in [6, 6.07) is 9.48. The predicted molar refractivity (Wildman–Crippen MR) is 88.4 cm³/mol. The highest BCUT2D eigenvalue weighted by Gasteiger charge is 2.12. The van der Waals surface area contributed by atoms with Gasteiger partial charge in [0.05, 0.1) is 5.71 Å². The summed E-state index contributed by atoms with van der Waals surface area (Å²) in [7, 11) is 5.61. The first-order chi connectivity index (χ1) is 10.4. The largest absolute Gasteiger partial charge is 0.507 e. The van der Waals surface area contributed by atoms with Crippen molar-refractivity contribution in [1.29, 1.82) is 5.41 Å². The monoisotopic (exact) mass is 301 g/mol. The van der Waals surface area contributed by atoms with Crippen LogP contribution in [0.2, 0.25) is 0 Å². The third-order valence-corrected chi connectivity index (χ3v) is 3.36. The third-order valence-electron chi connectivity index (χ3n) is 3.36. The lowest BCUT2D eigenvalue weighted by molar-refractivity contribution is 0.469. The molecule has 3 N–H and O–H groups in total. The van der Waals surface area contributed by atoms with E-state index >= 15 is 0 Å². The van der Waals surface area contributed by atoms with Gasteiger partial charge in [0.2, 0.25) is 0 Å². The average Bonchev–Trinajstić information content (AvgIpc) is 2.46. The maximum absolute atomic E-state index is 13.1. The number of nitrogens with one attached hydrogen (secondary N) is 2. The molecule has 0 unspecified atom stereocenters. The topological polar surface area (TPSA) is 59.4 Å². The number of phenolic OH excluding ortho intramolecular Hbond substituents is 1. The second kappa shape index (κ2) is 6.58. The van der Waals surface area contributed by atoms with Crippen molar-refractivity contribution in [2.24, 2.45) is 0 Å². The molecule has 2 aromatic rings. The first kappa shape index (κ1) is 16.0. The van der Waals surface area contributed by atoms with Crippen molar-refractivity contribution >= 4 is 11.4 Å². The molecule has 0 aliphatic carbocycles. The molecule has 0 aliphatic rings. The van der Waals surface area contributed by atoms with Gasteiger partial charge in [-0.1, -0.05) is 6.07 Å². The van der Waals surface area contributed by atoms with Gasteiger partial charge in [0.1, 0.15) is 11.6 Å². The van der Waals surface area contributed by atoms with Gasteiger partial charge in [0, 0.05) is 36.5 Å². The van der Waals surface area contributed by atoms with Gasteiger partial charge in [0.15, 0.2) is 0 Å². The molecule has 22 heavy (non-hydrogen) atoms. The Bertz CT molecular complexity index is 698. The summed E-state index contributed by atoms with van der Waals surface area (Å²) in [6.07, 6.45) is 0. The Morgan fingerprint density at radius 1 is 1.23 bits per heavy atom. The number of rotatable bonds is 5. The van der Waals surface area contributed by atoms with E-state index in [1.807, 2.05) is 37.2 Å². The van der Waals surface area contributed by atoms with Gasteiger partial charge in [0.25, 0.3) is 0 Å². The molecule has 0 radical (unpaired) electrons. The Labute approximate surface area is 129 Å². The number of nitrogens with zero attached hydrogens (tertiary/aromatic N) is 1. The molecule has 2 rings (SSSR count). The lowest BCUT2D eigenvalue weighted by Crippen LogP contribution is -2.22. The summed E-state index contributed by atoms with van der Waals surface area (Å²) >= 11 is 0. The van der Waals surface area contributed by atoms with Gasteiger partial charge < -0.3 is 20.7 Å². The molecule has 0 atom stereocenters. The Hall–Kier alpha value is -2.40. The van der Waals surface area contributed by atoms with Crippen LogP contribution in [0.4, 0.5) is 10.1 Å². The first-order valence-electron chi connectivity index (χ1n) is 6.95. The van der Waals surface area contributed by atoms with E-state index in [9.17, 15) is 9.50 Å². The van der Waals surface area contributed by atoms with Gasteiger partial charge >= 0.3 is 0 Å². The van der Waals surface area contributed by atoms with E-state index < -0.39 is 5.82 Å². The zero-order chi connectivity index (χ0) is 16.3. The first-order valence-corrected chi connectivity index (χ1v) is 6.95. The second-order valence-electron chi connectivity index (χ2n) is 5.39. The van der Waals surface area contributed by atoms with Gasteiger partial charge in [-0.25, -0.2) is 4.39 Å². The van der Waals surface area contributed by atoms with Crippen LogP contribution in [0.5, 0.6) is 5.75 Å². The zero-order valence-corrected chi connectivity index (χ0v) is 12.9. The number of phenols is 1. The van der Waals surface area contributed by atoms with Crippen LogP contribution in [-0.4, -0.2) is 43.4 Å². The standard InChI is InChI=1S/C17H20FN3O/c1-20-16-7-4-11(8-14(16)15(19)10-21(2)3)13-6-5-12(18)9-17(13)22/h4-9,19-20,22H,10H2,1-3H3. The Morgan fingerprint density at radius 3 is 2.55 bits per heavy atom. The Kier molecular flexibility index (Phi) is 4.78. The molecule has 0 amide bonds. The van der Waals surface area contributed by atoms with Crippen LogP contribution >= 0.6 is 0 Å². The number of halogens is 1. The quantitative estimate of drug-likeness (QED) is 0.743. The number of anilines is 1. The van der Waals surface area contributed by atoms with Crippen molar-refractivity contribution < 1.29 is 9.50 Å². The molecular weight excluding hydrogens is 281 g/mol. The van der Waals surface area contributed by atoms with Crippen molar-refractivity contribution in [2.45, 2.75) is 0 Å². The normalized spacial score (nSPS) is 10.8. The van der Waals surface area contributed by atoms with Gasteiger partial charge in [-0.3, -0.25) is 0 Å². The molecule has 0 aromatic heterocycles. The maximum Gasteiger partial charge on any atom is 0.126 e. The molecule has 0 saturated carbocycles. The fourth-order valence-electron chi connectivity index (χ4n) is 2.33. The minimum atomic E-state index is -0.478. The highest BCUT2D eigenvalue weighted by molar-refractivity contribution is 6.05. The van der Waals surface area contributed by atoms with Crippen molar-refractivity contribution in [2.75, 3.05) is 33.0 Å². The molecule has 0 saturated heterocycles. The average molecular weight is 301 g/mol. The molecule has 0 spiro atoms. The van der Waals surface area contributed by atoms with E-state index in [0.717, 1.165) is 22.9 Å². The predicted octanol–water partition coefficient (Wildman–Crippen LogP) is 3.17. The number of hydrogen-bond acceptors (Lipinski definition) is 4. The van der Waals surface area contributed by atoms with E-state index in [2.05, 4.69) is 5.32 Å².